The third kappa shape index (κ3) is 5.26. The molecule has 2 atom stereocenters. The lowest BCUT2D eigenvalue weighted by Gasteiger charge is -2.22. The summed E-state index contributed by atoms with van der Waals surface area (Å²) in [7, 11) is 0. The zero-order valence-electron chi connectivity index (χ0n) is 16.5. The van der Waals surface area contributed by atoms with Crippen molar-refractivity contribution in [3.05, 3.63) is 45.8 Å². The molecule has 6 nitrogen and oxygen atoms in total. The molecule has 1 aliphatic rings. The number of aromatic nitrogens is 2. The van der Waals surface area contributed by atoms with Crippen LogP contribution in [0.4, 0.5) is 5.69 Å². The number of benzene rings is 1. The van der Waals surface area contributed by atoms with Gasteiger partial charge < -0.3 is 14.8 Å². The molecule has 1 fully saturated rings. The smallest absolute Gasteiger partial charge is 0.292 e. The van der Waals surface area contributed by atoms with E-state index < -0.39 is 0 Å². The van der Waals surface area contributed by atoms with E-state index in [1.165, 1.54) is 4.68 Å². The Morgan fingerprint density at radius 3 is 2.86 bits per heavy atom. The summed E-state index contributed by atoms with van der Waals surface area (Å²) < 4.78 is 12.5. The number of nitrogens with zero attached hydrogens (tertiary/aromatic N) is 2. The summed E-state index contributed by atoms with van der Waals surface area (Å²) in [4.78, 5) is 12.7. The molecule has 3 rings (SSSR count). The van der Waals surface area contributed by atoms with Crippen LogP contribution in [0.15, 0.2) is 35.3 Å². The summed E-state index contributed by atoms with van der Waals surface area (Å²) in [6.45, 7) is 7.24. The van der Waals surface area contributed by atoms with Gasteiger partial charge in [-0.25, -0.2) is 0 Å². The molecule has 1 aromatic heterocycles. The highest BCUT2D eigenvalue weighted by Gasteiger charge is 2.16. The quantitative estimate of drug-likeness (QED) is 0.714. The maximum atomic E-state index is 12.7. The predicted octanol–water partition coefficient (Wildman–Crippen LogP) is 4.15. The molecule has 0 radical (unpaired) electrons. The van der Waals surface area contributed by atoms with E-state index in [2.05, 4.69) is 24.3 Å². The fourth-order valence-electron chi connectivity index (χ4n) is 3.00. The summed E-state index contributed by atoms with van der Waals surface area (Å²) in [6.07, 6.45) is 4.85. The van der Waals surface area contributed by atoms with Crippen LogP contribution < -0.4 is 15.6 Å². The zero-order chi connectivity index (χ0) is 19.9. The molecule has 1 unspecified atom stereocenters. The predicted molar refractivity (Wildman–Crippen MR) is 112 cm³/mol. The molecule has 152 valence electrons. The summed E-state index contributed by atoms with van der Waals surface area (Å²) in [5, 5.41) is 7.65. The van der Waals surface area contributed by atoms with Crippen molar-refractivity contribution < 1.29 is 9.47 Å². The van der Waals surface area contributed by atoms with Crippen LogP contribution >= 0.6 is 11.6 Å². The molecular formula is C21H28ClN3O3. The van der Waals surface area contributed by atoms with Gasteiger partial charge in [0.1, 0.15) is 10.8 Å². The van der Waals surface area contributed by atoms with Crippen LogP contribution in [0.1, 0.15) is 33.1 Å². The van der Waals surface area contributed by atoms with Gasteiger partial charge in [-0.15, -0.1) is 0 Å². The molecule has 2 aromatic rings. The SMILES string of the molecule is CCC(C)COc1ccc(-n2ncc(NC[C@@H]3CCCOC3)c(Cl)c2=O)cc1. The Labute approximate surface area is 170 Å². The van der Waals surface area contributed by atoms with Crippen LogP contribution in [0.25, 0.3) is 5.69 Å². The lowest BCUT2D eigenvalue weighted by Crippen LogP contribution is -2.26. The average molecular weight is 406 g/mol. The Morgan fingerprint density at radius 1 is 1.39 bits per heavy atom. The van der Waals surface area contributed by atoms with Gasteiger partial charge in [-0.05, 0) is 48.9 Å². The molecule has 1 aromatic carbocycles. The van der Waals surface area contributed by atoms with Gasteiger partial charge in [0.25, 0.3) is 5.56 Å². The minimum Gasteiger partial charge on any atom is -0.493 e. The number of rotatable bonds is 8. The minimum atomic E-state index is -0.347. The molecule has 1 N–H and O–H groups in total. The average Bonchev–Trinajstić information content (AvgIpc) is 2.74. The van der Waals surface area contributed by atoms with E-state index in [4.69, 9.17) is 21.1 Å². The van der Waals surface area contributed by atoms with Gasteiger partial charge in [0.15, 0.2) is 0 Å². The summed E-state index contributed by atoms with van der Waals surface area (Å²) in [5.41, 5.74) is 0.858. The zero-order valence-corrected chi connectivity index (χ0v) is 17.2. The van der Waals surface area contributed by atoms with Gasteiger partial charge in [0.2, 0.25) is 0 Å². The first-order valence-electron chi connectivity index (χ1n) is 9.91. The largest absolute Gasteiger partial charge is 0.493 e. The Morgan fingerprint density at radius 2 is 2.18 bits per heavy atom. The van der Waals surface area contributed by atoms with Crippen LogP contribution in [0.3, 0.4) is 0 Å². The molecule has 7 heteroatoms. The van der Waals surface area contributed by atoms with Crippen molar-refractivity contribution in [3.8, 4) is 11.4 Å². The molecular weight excluding hydrogens is 378 g/mol. The molecule has 1 saturated heterocycles. The maximum absolute atomic E-state index is 12.7. The van der Waals surface area contributed by atoms with E-state index >= 15 is 0 Å². The molecule has 1 aliphatic heterocycles. The fourth-order valence-corrected chi connectivity index (χ4v) is 3.20. The Kier molecular flexibility index (Phi) is 7.34. The van der Waals surface area contributed by atoms with Crippen LogP contribution in [0.2, 0.25) is 5.02 Å². The molecule has 2 heterocycles. The Hall–Kier alpha value is -2.05. The first-order valence-corrected chi connectivity index (χ1v) is 10.3. The normalized spacial score (nSPS) is 17.9. The molecule has 28 heavy (non-hydrogen) atoms. The molecule has 0 bridgehead atoms. The highest BCUT2D eigenvalue weighted by Crippen LogP contribution is 2.20. The second-order valence-corrected chi connectivity index (χ2v) is 7.75. The van der Waals surface area contributed by atoms with Gasteiger partial charge in [0, 0.05) is 13.2 Å². The highest BCUT2D eigenvalue weighted by atomic mass is 35.5. The van der Waals surface area contributed by atoms with E-state index in [0.29, 0.717) is 36.4 Å². The van der Waals surface area contributed by atoms with Gasteiger partial charge >= 0.3 is 0 Å². The lowest BCUT2D eigenvalue weighted by molar-refractivity contribution is 0.0595. The number of ether oxygens (including phenoxy) is 2. The molecule has 0 spiro atoms. The number of nitrogens with one attached hydrogen (secondary N) is 1. The highest BCUT2D eigenvalue weighted by molar-refractivity contribution is 6.32. The summed E-state index contributed by atoms with van der Waals surface area (Å²) in [6, 6.07) is 7.30. The van der Waals surface area contributed by atoms with Gasteiger partial charge in [-0.2, -0.15) is 9.78 Å². The second kappa shape index (κ2) is 9.94. The van der Waals surface area contributed by atoms with Crippen molar-refractivity contribution in [2.24, 2.45) is 11.8 Å². The van der Waals surface area contributed by atoms with Crippen LogP contribution in [-0.4, -0.2) is 36.1 Å². The Balaban J connectivity index is 1.67. The van der Waals surface area contributed by atoms with E-state index in [0.717, 1.165) is 38.2 Å². The van der Waals surface area contributed by atoms with Crippen molar-refractivity contribution in [2.75, 3.05) is 31.7 Å². The van der Waals surface area contributed by atoms with Gasteiger partial charge in [0.05, 0.1) is 30.8 Å². The third-order valence-electron chi connectivity index (χ3n) is 5.07. The van der Waals surface area contributed by atoms with Crippen LogP contribution in [0.5, 0.6) is 5.75 Å². The van der Waals surface area contributed by atoms with E-state index in [-0.39, 0.29) is 10.6 Å². The minimum absolute atomic E-state index is 0.142. The van der Waals surface area contributed by atoms with Gasteiger partial charge in [-0.1, -0.05) is 31.9 Å². The monoisotopic (exact) mass is 405 g/mol. The summed E-state index contributed by atoms with van der Waals surface area (Å²) >= 11 is 6.31. The lowest BCUT2D eigenvalue weighted by atomic mass is 10.0. The van der Waals surface area contributed by atoms with Crippen molar-refractivity contribution in [1.82, 2.24) is 9.78 Å². The topological polar surface area (TPSA) is 65.4 Å². The van der Waals surface area contributed by atoms with Crippen molar-refractivity contribution in [3.63, 3.8) is 0 Å². The molecule has 0 amide bonds. The van der Waals surface area contributed by atoms with E-state index in [9.17, 15) is 4.79 Å². The van der Waals surface area contributed by atoms with E-state index in [1.807, 2.05) is 24.3 Å². The first-order chi connectivity index (χ1) is 13.6. The number of anilines is 1. The van der Waals surface area contributed by atoms with Gasteiger partial charge in [-0.3, -0.25) is 4.79 Å². The van der Waals surface area contributed by atoms with Crippen molar-refractivity contribution >= 4 is 17.3 Å². The first kappa shape index (κ1) is 20.7. The number of hydrogen-bond donors (Lipinski definition) is 1. The standard InChI is InChI=1S/C21H28ClN3O3/c1-3-15(2)13-28-18-8-6-17(7-9-18)25-21(26)20(22)19(12-24-25)23-11-16-5-4-10-27-14-16/h6-9,12,15-16,23H,3-5,10-11,13-14H2,1-2H3/t15?,16-/m0/s1. The van der Waals surface area contributed by atoms with Crippen LogP contribution in [-0.2, 0) is 4.74 Å². The molecule has 0 aliphatic carbocycles. The van der Waals surface area contributed by atoms with Crippen LogP contribution in [0, 0.1) is 11.8 Å². The van der Waals surface area contributed by atoms with Crippen molar-refractivity contribution in [2.45, 2.75) is 33.1 Å². The van der Waals surface area contributed by atoms with Crippen molar-refractivity contribution in [1.29, 1.82) is 0 Å². The molecule has 0 saturated carbocycles. The van der Waals surface area contributed by atoms with E-state index in [1.54, 1.807) is 6.20 Å². The fraction of sp³-hybridized carbons (Fsp3) is 0.524. The third-order valence-corrected chi connectivity index (χ3v) is 5.43. The number of halogens is 1. The number of hydrogen-bond acceptors (Lipinski definition) is 5. The Bertz CT molecular complexity index is 817. The maximum Gasteiger partial charge on any atom is 0.292 e. The second-order valence-electron chi connectivity index (χ2n) is 7.37. The summed E-state index contributed by atoms with van der Waals surface area (Å²) in [5.74, 6) is 1.70.